The molecule has 0 fully saturated rings. The Kier molecular flexibility index (Phi) is 3.96. The van der Waals surface area contributed by atoms with Gasteiger partial charge in [-0.25, -0.2) is 4.98 Å². The van der Waals surface area contributed by atoms with E-state index in [9.17, 15) is 4.79 Å². The van der Waals surface area contributed by atoms with Crippen molar-refractivity contribution in [2.75, 3.05) is 0 Å². The van der Waals surface area contributed by atoms with Gasteiger partial charge in [-0.3, -0.25) is 14.3 Å². The van der Waals surface area contributed by atoms with E-state index in [0.29, 0.717) is 12.1 Å². The first kappa shape index (κ1) is 15.1. The van der Waals surface area contributed by atoms with Gasteiger partial charge in [-0.15, -0.1) is 0 Å². The van der Waals surface area contributed by atoms with Crippen LogP contribution in [0.25, 0.3) is 16.7 Å². The number of carbonyl (C=O) groups excluding carboxylic acids is 1. The Bertz CT molecular complexity index is 1010. The van der Waals surface area contributed by atoms with E-state index in [1.165, 1.54) is 0 Å². The molecule has 0 aliphatic heterocycles. The van der Waals surface area contributed by atoms with Gasteiger partial charge in [-0.1, -0.05) is 18.2 Å². The van der Waals surface area contributed by atoms with E-state index in [2.05, 4.69) is 15.3 Å². The van der Waals surface area contributed by atoms with Crippen LogP contribution in [0.5, 0.6) is 0 Å². The topological polar surface area (TPSA) is 59.8 Å². The molecule has 4 rings (SSSR count). The molecular weight excluding hydrogens is 312 g/mol. The second-order valence-corrected chi connectivity index (χ2v) is 5.65. The number of hydrogen-bond acceptors (Lipinski definition) is 3. The highest BCUT2D eigenvalue weighted by molar-refractivity contribution is 5.94. The summed E-state index contributed by atoms with van der Waals surface area (Å²) in [6, 6.07) is 21.1. The first-order valence-electron chi connectivity index (χ1n) is 8.02. The van der Waals surface area contributed by atoms with E-state index >= 15 is 0 Å². The average Bonchev–Trinajstić information content (AvgIpc) is 3.11. The fourth-order valence-corrected chi connectivity index (χ4v) is 2.71. The van der Waals surface area contributed by atoms with Gasteiger partial charge in [0.25, 0.3) is 5.91 Å². The van der Waals surface area contributed by atoms with Crippen LogP contribution in [-0.4, -0.2) is 20.4 Å². The summed E-state index contributed by atoms with van der Waals surface area (Å²) in [6.45, 7) is 0.410. The standard InChI is InChI=1S/C20H16N4O/c25-20(22-13-16-5-3-4-12-21-16)15-8-10-17(11-9-15)24-14-23-18-6-1-2-7-19(18)24/h1-12,14H,13H2,(H,22,25). The van der Waals surface area contributed by atoms with Gasteiger partial charge in [0.1, 0.15) is 6.33 Å². The molecule has 4 aromatic rings. The number of nitrogens with zero attached hydrogens (tertiary/aromatic N) is 3. The molecule has 122 valence electrons. The Morgan fingerprint density at radius 1 is 0.920 bits per heavy atom. The summed E-state index contributed by atoms with van der Waals surface area (Å²) < 4.78 is 2.00. The highest BCUT2D eigenvalue weighted by atomic mass is 16.1. The second kappa shape index (κ2) is 6.57. The fourth-order valence-electron chi connectivity index (χ4n) is 2.71. The van der Waals surface area contributed by atoms with Crippen LogP contribution in [0.2, 0.25) is 0 Å². The van der Waals surface area contributed by atoms with E-state index in [1.807, 2.05) is 71.3 Å². The van der Waals surface area contributed by atoms with Crippen LogP contribution in [-0.2, 0) is 6.54 Å². The number of benzene rings is 2. The molecule has 0 saturated carbocycles. The van der Waals surface area contributed by atoms with Crippen molar-refractivity contribution in [1.29, 1.82) is 0 Å². The highest BCUT2D eigenvalue weighted by Gasteiger charge is 2.08. The molecule has 5 heteroatoms. The number of aromatic nitrogens is 3. The molecule has 1 N–H and O–H groups in total. The third kappa shape index (κ3) is 3.12. The number of imidazole rings is 1. The lowest BCUT2D eigenvalue weighted by molar-refractivity contribution is 0.0950. The number of pyridine rings is 1. The van der Waals surface area contributed by atoms with Crippen molar-refractivity contribution in [3.8, 4) is 5.69 Å². The van der Waals surface area contributed by atoms with Gasteiger partial charge < -0.3 is 5.32 Å². The van der Waals surface area contributed by atoms with Gasteiger partial charge in [0.2, 0.25) is 0 Å². The number of para-hydroxylation sites is 2. The van der Waals surface area contributed by atoms with Crippen LogP contribution in [0.3, 0.4) is 0 Å². The molecule has 0 saturated heterocycles. The number of hydrogen-bond donors (Lipinski definition) is 1. The Morgan fingerprint density at radius 3 is 2.52 bits per heavy atom. The lowest BCUT2D eigenvalue weighted by atomic mass is 10.2. The van der Waals surface area contributed by atoms with E-state index in [1.54, 1.807) is 12.5 Å². The SMILES string of the molecule is O=C(NCc1ccccn1)c1ccc(-n2cnc3ccccc32)cc1. The number of carbonyl (C=O) groups is 1. The summed E-state index contributed by atoms with van der Waals surface area (Å²) in [5, 5.41) is 2.88. The largest absolute Gasteiger partial charge is 0.346 e. The zero-order valence-corrected chi connectivity index (χ0v) is 13.5. The summed E-state index contributed by atoms with van der Waals surface area (Å²) in [7, 11) is 0. The quantitative estimate of drug-likeness (QED) is 0.625. The maximum absolute atomic E-state index is 12.3. The molecule has 1 amide bonds. The Balaban J connectivity index is 1.51. The van der Waals surface area contributed by atoms with Gasteiger partial charge in [-0.05, 0) is 48.5 Å². The predicted molar refractivity (Wildman–Crippen MR) is 96.5 cm³/mol. The van der Waals surface area contributed by atoms with E-state index in [4.69, 9.17) is 0 Å². The molecule has 2 aromatic heterocycles. The number of amides is 1. The molecule has 0 spiro atoms. The lowest BCUT2D eigenvalue weighted by Crippen LogP contribution is -2.23. The van der Waals surface area contributed by atoms with Gasteiger partial charge >= 0.3 is 0 Å². The van der Waals surface area contributed by atoms with Crippen LogP contribution >= 0.6 is 0 Å². The van der Waals surface area contributed by atoms with Crippen molar-refractivity contribution in [1.82, 2.24) is 19.9 Å². The van der Waals surface area contributed by atoms with E-state index < -0.39 is 0 Å². The van der Waals surface area contributed by atoms with Crippen molar-refractivity contribution >= 4 is 16.9 Å². The van der Waals surface area contributed by atoms with Gasteiger partial charge in [-0.2, -0.15) is 0 Å². The highest BCUT2D eigenvalue weighted by Crippen LogP contribution is 2.18. The Hall–Kier alpha value is -3.47. The Morgan fingerprint density at radius 2 is 1.72 bits per heavy atom. The normalized spacial score (nSPS) is 10.7. The predicted octanol–water partition coefficient (Wildman–Crippen LogP) is 3.35. The summed E-state index contributed by atoms with van der Waals surface area (Å²) in [5.74, 6) is -0.118. The second-order valence-electron chi connectivity index (χ2n) is 5.65. The molecule has 0 radical (unpaired) electrons. The molecule has 5 nitrogen and oxygen atoms in total. The molecular formula is C20H16N4O. The van der Waals surface area contributed by atoms with Crippen molar-refractivity contribution < 1.29 is 4.79 Å². The zero-order chi connectivity index (χ0) is 17.1. The van der Waals surface area contributed by atoms with Gasteiger partial charge in [0, 0.05) is 17.4 Å². The summed E-state index contributed by atoms with van der Waals surface area (Å²) in [5.41, 5.74) is 4.39. The van der Waals surface area contributed by atoms with Crippen molar-refractivity contribution in [3.63, 3.8) is 0 Å². The van der Waals surface area contributed by atoms with Crippen LogP contribution in [0.4, 0.5) is 0 Å². The van der Waals surface area contributed by atoms with Crippen molar-refractivity contribution in [2.24, 2.45) is 0 Å². The average molecular weight is 328 g/mol. The lowest BCUT2D eigenvalue weighted by Gasteiger charge is -2.07. The minimum atomic E-state index is -0.118. The Labute approximate surface area is 145 Å². The van der Waals surface area contributed by atoms with E-state index in [0.717, 1.165) is 22.4 Å². The number of rotatable bonds is 4. The molecule has 25 heavy (non-hydrogen) atoms. The van der Waals surface area contributed by atoms with Gasteiger partial charge in [0.05, 0.1) is 23.3 Å². The minimum absolute atomic E-state index is 0.118. The first-order chi connectivity index (χ1) is 12.3. The van der Waals surface area contributed by atoms with Crippen LogP contribution in [0.15, 0.2) is 79.3 Å². The maximum Gasteiger partial charge on any atom is 0.251 e. The van der Waals surface area contributed by atoms with Crippen LogP contribution < -0.4 is 5.32 Å². The van der Waals surface area contributed by atoms with E-state index in [-0.39, 0.29) is 5.91 Å². The minimum Gasteiger partial charge on any atom is -0.346 e. The van der Waals surface area contributed by atoms with Crippen LogP contribution in [0, 0.1) is 0 Å². The molecule has 0 unspecified atom stereocenters. The number of nitrogens with one attached hydrogen (secondary N) is 1. The monoisotopic (exact) mass is 328 g/mol. The molecule has 0 bridgehead atoms. The smallest absolute Gasteiger partial charge is 0.251 e. The summed E-state index contributed by atoms with van der Waals surface area (Å²) in [6.07, 6.45) is 3.51. The molecule has 0 atom stereocenters. The molecule has 2 aromatic carbocycles. The maximum atomic E-state index is 12.3. The molecule has 2 heterocycles. The third-order valence-corrected chi connectivity index (χ3v) is 4.02. The molecule has 0 aliphatic carbocycles. The van der Waals surface area contributed by atoms with Gasteiger partial charge in [0.15, 0.2) is 0 Å². The summed E-state index contributed by atoms with van der Waals surface area (Å²) in [4.78, 5) is 20.9. The summed E-state index contributed by atoms with van der Waals surface area (Å²) >= 11 is 0. The fraction of sp³-hybridized carbons (Fsp3) is 0.0500. The molecule has 0 aliphatic rings. The third-order valence-electron chi connectivity index (χ3n) is 4.02. The zero-order valence-electron chi connectivity index (χ0n) is 13.5. The first-order valence-corrected chi connectivity index (χ1v) is 8.02. The van der Waals surface area contributed by atoms with Crippen LogP contribution in [0.1, 0.15) is 16.1 Å². The van der Waals surface area contributed by atoms with Crippen molar-refractivity contribution in [3.05, 3.63) is 90.5 Å². The number of fused-ring (bicyclic) bond motifs is 1. The van der Waals surface area contributed by atoms with Crippen molar-refractivity contribution in [2.45, 2.75) is 6.54 Å².